The zero-order valence-corrected chi connectivity index (χ0v) is 12.4. The molecule has 0 spiro atoms. The summed E-state index contributed by atoms with van der Waals surface area (Å²) >= 11 is 0. The monoisotopic (exact) mass is 336 g/mol. The maximum atomic E-state index is 14.0. The van der Waals surface area contributed by atoms with Gasteiger partial charge in [-0.15, -0.1) is 0 Å². The molecule has 2 heterocycles. The first-order chi connectivity index (χ1) is 11.4. The van der Waals surface area contributed by atoms with Gasteiger partial charge < -0.3 is 20.2 Å². The summed E-state index contributed by atoms with van der Waals surface area (Å²) in [6.07, 6.45) is 0.266. The molecule has 0 saturated carbocycles. The van der Waals surface area contributed by atoms with Crippen molar-refractivity contribution in [3.63, 3.8) is 0 Å². The van der Waals surface area contributed by atoms with E-state index in [0.29, 0.717) is 0 Å². The van der Waals surface area contributed by atoms with Crippen LogP contribution in [0.15, 0.2) is 34.9 Å². The SMILES string of the molecule is NC(=O)c1cc(C(=O)N2C[C@H](O)C[C@@H]2c2cc(F)ccc2F)co1. The van der Waals surface area contributed by atoms with Crippen molar-refractivity contribution in [1.29, 1.82) is 0 Å². The van der Waals surface area contributed by atoms with Gasteiger partial charge in [-0.2, -0.15) is 0 Å². The highest BCUT2D eigenvalue weighted by Crippen LogP contribution is 2.35. The molecule has 0 aliphatic carbocycles. The Morgan fingerprint density at radius 3 is 2.71 bits per heavy atom. The van der Waals surface area contributed by atoms with Crippen LogP contribution in [0.2, 0.25) is 0 Å². The number of furan rings is 1. The van der Waals surface area contributed by atoms with Gasteiger partial charge in [-0.25, -0.2) is 8.78 Å². The van der Waals surface area contributed by atoms with Crippen molar-refractivity contribution in [2.45, 2.75) is 18.6 Å². The minimum atomic E-state index is -0.871. The highest BCUT2D eigenvalue weighted by Gasteiger charge is 2.37. The molecular weight excluding hydrogens is 322 g/mol. The summed E-state index contributed by atoms with van der Waals surface area (Å²) in [7, 11) is 0. The zero-order chi connectivity index (χ0) is 17.4. The number of nitrogens with zero attached hydrogens (tertiary/aromatic N) is 1. The second-order valence-corrected chi connectivity index (χ2v) is 5.59. The van der Waals surface area contributed by atoms with Gasteiger partial charge in [0.05, 0.1) is 17.7 Å². The molecular formula is C16H14F2N2O4. The normalized spacial score (nSPS) is 20.4. The number of carbonyl (C=O) groups is 2. The number of hydrogen-bond donors (Lipinski definition) is 2. The number of primary amides is 1. The molecule has 126 valence electrons. The van der Waals surface area contributed by atoms with Crippen molar-refractivity contribution in [3.8, 4) is 0 Å². The third-order valence-electron chi connectivity index (χ3n) is 3.95. The molecule has 1 aromatic carbocycles. The molecule has 8 heteroatoms. The quantitative estimate of drug-likeness (QED) is 0.890. The predicted molar refractivity (Wildman–Crippen MR) is 78.0 cm³/mol. The number of nitrogens with two attached hydrogens (primary N) is 1. The highest BCUT2D eigenvalue weighted by atomic mass is 19.1. The molecule has 1 aromatic heterocycles. The second-order valence-electron chi connectivity index (χ2n) is 5.59. The molecule has 0 unspecified atom stereocenters. The van der Waals surface area contributed by atoms with Gasteiger partial charge in [0.2, 0.25) is 0 Å². The van der Waals surface area contributed by atoms with E-state index in [9.17, 15) is 23.5 Å². The fourth-order valence-corrected chi connectivity index (χ4v) is 2.85. The van der Waals surface area contributed by atoms with Crippen LogP contribution in [0.25, 0.3) is 0 Å². The topological polar surface area (TPSA) is 96.8 Å². The lowest BCUT2D eigenvalue weighted by atomic mass is 10.0. The number of β-amino-alcohol motifs (C(OH)–C–C–N with tert-alkyl or cyclic N) is 1. The second kappa shape index (κ2) is 6.04. The number of hydrogen-bond acceptors (Lipinski definition) is 4. The van der Waals surface area contributed by atoms with Crippen LogP contribution >= 0.6 is 0 Å². The van der Waals surface area contributed by atoms with Crippen molar-refractivity contribution >= 4 is 11.8 Å². The van der Waals surface area contributed by atoms with Crippen LogP contribution in [0.1, 0.15) is 38.9 Å². The summed E-state index contributed by atoms with van der Waals surface area (Å²) in [6.45, 7) is -0.0451. The van der Waals surface area contributed by atoms with E-state index in [2.05, 4.69) is 0 Å². The van der Waals surface area contributed by atoms with E-state index >= 15 is 0 Å². The average molecular weight is 336 g/mol. The van der Waals surface area contributed by atoms with Gasteiger partial charge in [0.1, 0.15) is 17.9 Å². The first-order valence-electron chi connectivity index (χ1n) is 7.19. The molecule has 3 N–H and O–H groups in total. The largest absolute Gasteiger partial charge is 0.458 e. The Morgan fingerprint density at radius 1 is 1.29 bits per heavy atom. The van der Waals surface area contributed by atoms with Gasteiger partial charge in [-0.05, 0) is 24.6 Å². The van der Waals surface area contributed by atoms with Crippen molar-refractivity contribution in [3.05, 3.63) is 59.1 Å². The first-order valence-corrected chi connectivity index (χ1v) is 7.19. The number of halogens is 2. The maximum Gasteiger partial charge on any atom is 0.284 e. The highest BCUT2D eigenvalue weighted by molar-refractivity contribution is 5.98. The lowest BCUT2D eigenvalue weighted by Crippen LogP contribution is -2.32. The molecule has 6 nitrogen and oxygen atoms in total. The molecule has 0 radical (unpaired) electrons. The summed E-state index contributed by atoms with van der Waals surface area (Å²) in [5.41, 5.74) is 5.09. The van der Waals surface area contributed by atoms with Crippen LogP contribution in [0, 0.1) is 11.6 Å². The number of aliphatic hydroxyl groups is 1. The van der Waals surface area contributed by atoms with E-state index in [1.165, 1.54) is 11.0 Å². The molecule has 2 aromatic rings. The fourth-order valence-electron chi connectivity index (χ4n) is 2.85. The minimum absolute atomic E-state index is 0.0153. The Labute approximate surface area is 135 Å². The smallest absolute Gasteiger partial charge is 0.284 e. The molecule has 1 saturated heterocycles. The number of aliphatic hydroxyl groups excluding tert-OH is 1. The number of rotatable bonds is 3. The molecule has 2 amide bonds. The van der Waals surface area contributed by atoms with Crippen LogP contribution < -0.4 is 5.73 Å². The Kier molecular flexibility index (Phi) is 4.06. The maximum absolute atomic E-state index is 14.0. The van der Waals surface area contributed by atoms with Gasteiger partial charge in [0.25, 0.3) is 11.8 Å². The number of carbonyl (C=O) groups excluding carboxylic acids is 2. The molecule has 2 atom stereocenters. The average Bonchev–Trinajstić information content (AvgIpc) is 3.16. The van der Waals surface area contributed by atoms with Gasteiger partial charge in [-0.3, -0.25) is 9.59 Å². The van der Waals surface area contributed by atoms with E-state index in [-0.39, 0.29) is 29.9 Å². The van der Waals surface area contributed by atoms with Crippen molar-refractivity contribution < 1.29 is 27.9 Å². The van der Waals surface area contributed by atoms with E-state index < -0.39 is 35.6 Å². The number of benzene rings is 1. The molecule has 0 bridgehead atoms. The molecule has 3 rings (SSSR count). The van der Waals surface area contributed by atoms with E-state index in [4.69, 9.17) is 10.2 Å². The zero-order valence-electron chi connectivity index (χ0n) is 12.4. The van der Waals surface area contributed by atoms with Gasteiger partial charge in [-0.1, -0.05) is 0 Å². The van der Waals surface area contributed by atoms with Crippen LogP contribution in [-0.4, -0.2) is 34.5 Å². The van der Waals surface area contributed by atoms with Crippen LogP contribution in [0.3, 0.4) is 0 Å². The lowest BCUT2D eigenvalue weighted by molar-refractivity contribution is 0.0713. The lowest BCUT2D eigenvalue weighted by Gasteiger charge is -2.24. The summed E-state index contributed by atoms with van der Waals surface area (Å²) in [6, 6.07) is 3.30. The standard InChI is InChI=1S/C16H14F2N2O4/c17-9-1-2-12(18)11(4-9)13-5-10(21)6-20(13)16(23)8-3-14(15(19)22)24-7-8/h1-4,7,10,13,21H,5-6H2,(H2,19,22)/t10-,13-/m1/s1. The Hall–Kier alpha value is -2.74. The van der Waals surface area contributed by atoms with E-state index in [1.807, 2.05) is 0 Å². The van der Waals surface area contributed by atoms with Gasteiger partial charge in [0.15, 0.2) is 5.76 Å². The van der Waals surface area contributed by atoms with Crippen molar-refractivity contribution in [2.75, 3.05) is 6.54 Å². The Morgan fingerprint density at radius 2 is 2.04 bits per heavy atom. The minimum Gasteiger partial charge on any atom is -0.458 e. The number of likely N-dealkylation sites (tertiary alicyclic amines) is 1. The predicted octanol–water partition coefficient (Wildman–Crippen LogP) is 1.60. The Bertz CT molecular complexity index is 805. The molecule has 24 heavy (non-hydrogen) atoms. The first kappa shape index (κ1) is 16.1. The third-order valence-corrected chi connectivity index (χ3v) is 3.95. The fraction of sp³-hybridized carbons (Fsp3) is 0.250. The van der Waals surface area contributed by atoms with Crippen LogP contribution in [0.4, 0.5) is 8.78 Å². The molecule has 1 aliphatic heterocycles. The summed E-state index contributed by atoms with van der Waals surface area (Å²) in [4.78, 5) is 24.9. The van der Waals surface area contributed by atoms with Crippen LogP contribution in [0.5, 0.6) is 0 Å². The summed E-state index contributed by atoms with van der Waals surface area (Å²) in [5, 5.41) is 9.87. The Balaban J connectivity index is 1.93. The molecule has 1 fully saturated rings. The third kappa shape index (κ3) is 2.88. The van der Waals surface area contributed by atoms with Gasteiger partial charge in [0, 0.05) is 18.2 Å². The van der Waals surface area contributed by atoms with Gasteiger partial charge >= 0.3 is 0 Å². The number of amides is 2. The summed E-state index contributed by atoms with van der Waals surface area (Å²) < 4.78 is 32.4. The van der Waals surface area contributed by atoms with Crippen molar-refractivity contribution in [1.82, 2.24) is 4.90 Å². The van der Waals surface area contributed by atoms with Crippen molar-refractivity contribution in [2.24, 2.45) is 5.73 Å². The van der Waals surface area contributed by atoms with E-state index in [0.717, 1.165) is 24.5 Å². The van der Waals surface area contributed by atoms with Crippen LogP contribution in [-0.2, 0) is 0 Å². The molecule has 1 aliphatic rings. The summed E-state index contributed by atoms with van der Waals surface area (Å²) in [5.74, 6) is -2.90. The van der Waals surface area contributed by atoms with E-state index in [1.54, 1.807) is 0 Å².